The van der Waals surface area contributed by atoms with E-state index in [2.05, 4.69) is 5.32 Å². The molecule has 1 N–H and O–H groups in total. The number of methoxy groups -OCH3 is 2. The number of rotatable bonds is 6. The summed E-state index contributed by atoms with van der Waals surface area (Å²) in [5.41, 5.74) is 0.449. The molecule has 0 amide bonds. The van der Waals surface area contributed by atoms with E-state index >= 15 is 0 Å². The lowest BCUT2D eigenvalue weighted by Crippen LogP contribution is -2.49. The monoisotopic (exact) mass is 293 g/mol. The summed E-state index contributed by atoms with van der Waals surface area (Å²) in [5, 5.41) is 3.10. The van der Waals surface area contributed by atoms with E-state index in [1.807, 2.05) is 24.3 Å². The van der Waals surface area contributed by atoms with E-state index < -0.39 is 5.54 Å². The molecule has 1 saturated carbocycles. The summed E-state index contributed by atoms with van der Waals surface area (Å²) in [5.74, 6) is 0.593. The molecule has 0 bridgehead atoms. The summed E-state index contributed by atoms with van der Waals surface area (Å²) in [7, 11) is 4.88. The molecular formula is C16H23NO4. The fourth-order valence-corrected chi connectivity index (χ4v) is 2.88. The number of carbonyl (C=O) groups excluding carboxylic acids is 1. The van der Waals surface area contributed by atoms with Crippen LogP contribution in [0.4, 0.5) is 0 Å². The van der Waals surface area contributed by atoms with E-state index in [0.29, 0.717) is 13.0 Å². The number of hydrogen-bond acceptors (Lipinski definition) is 5. The number of ether oxygens (including phenoxy) is 3. The van der Waals surface area contributed by atoms with Crippen molar-refractivity contribution in [1.29, 1.82) is 0 Å². The van der Waals surface area contributed by atoms with Gasteiger partial charge in [-0.1, -0.05) is 12.1 Å². The van der Waals surface area contributed by atoms with E-state index in [4.69, 9.17) is 14.2 Å². The van der Waals surface area contributed by atoms with Gasteiger partial charge in [-0.05, 0) is 37.6 Å². The molecular weight excluding hydrogens is 270 g/mol. The Balaban J connectivity index is 2.02. The number of benzene rings is 1. The summed E-state index contributed by atoms with van der Waals surface area (Å²) in [6.07, 6.45) is 2.17. The average Bonchev–Trinajstić information content (AvgIpc) is 2.91. The Kier molecular flexibility index (Phi) is 5.20. The Hall–Kier alpha value is -1.59. The molecule has 0 aromatic heterocycles. The lowest BCUT2D eigenvalue weighted by Gasteiger charge is -2.25. The molecule has 5 nitrogen and oxygen atoms in total. The Bertz CT molecular complexity index is 491. The second kappa shape index (κ2) is 6.91. The lowest BCUT2D eigenvalue weighted by molar-refractivity contribution is -0.148. The van der Waals surface area contributed by atoms with E-state index in [0.717, 1.165) is 24.2 Å². The smallest absolute Gasteiger partial charge is 0.326 e. The third-order valence-electron chi connectivity index (χ3n) is 4.04. The Morgan fingerprint density at radius 1 is 1.43 bits per heavy atom. The minimum atomic E-state index is -0.621. The van der Waals surface area contributed by atoms with Crippen LogP contribution in [-0.4, -0.2) is 38.9 Å². The first-order chi connectivity index (χ1) is 10.1. The zero-order valence-electron chi connectivity index (χ0n) is 12.8. The summed E-state index contributed by atoms with van der Waals surface area (Å²) in [6, 6.07) is 7.85. The van der Waals surface area contributed by atoms with Crippen LogP contribution in [0.2, 0.25) is 0 Å². The van der Waals surface area contributed by atoms with Crippen LogP contribution >= 0.6 is 0 Å². The molecule has 0 aliphatic heterocycles. The van der Waals surface area contributed by atoms with Gasteiger partial charge in [0.2, 0.25) is 0 Å². The molecule has 5 heteroatoms. The van der Waals surface area contributed by atoms with Gasteiger partial charge in [0.15, 0.2) is 0 Å². The highest BCUT2D eigenvalue weighted by Gasteiger charge is 2.46. The van der Waals surface area contributed by atoms with Crippen molar-refractivity contribution in [2.75, 3.05) is 21.3 Å². The Morgan fingerprint density at radius 2 is 2.24 bits per heavy atom. The minimum Gasteiger partial charge on any atom is -0.490 e. The molecule has 21 heavy (non-hydrogen) atoms. The van der Waals surface area contributed by atoms with Crippen molar-refractivity contribution in [3.8, 4) is 5.75 Å². The van der Waals surface area contributed by atoms with Crippen LogP contribution in [0.15, 0.2) is 24.3 Å². The topological polar surface area (TPSA) is 56.8 Å². The molecule has 0 radical (unpaired) electrons. The molecule has 2 rings (SSSR count). The van der Waals surface area contributed by atoms with Crippen molar-refractivity contribution in [2.45, 2.75) is 37.5 Å². The molecule has 116 valence electrons. The summed E-state index contributed by atoms with van der Waals surface area (Å²) in [6.45, 7) is 0.560. The number of esters is 1. The fraction of sp³-hybridized carbons (Fsp3) is 0.562. The third kappa shape index (κ3) is 3.54. The van der Waals surface area contributed by atoms with Gasteiger partial charge in [0.05, 0.1) is 13.7 Å². The van der Waals surface area contributed by atoms with Crippen LogP contribution in [0.5, 0.6) is 5.75 Å². The molecule has 1 aliphatic rings. The number of hydrogen-bond donors (Lipinski definition) is 1. The lowest BCUT2D eigenvalue weighted by atomic mass is 9.98. The van der Waals surface area contributed by atoms with E-state index in [1.165, 1.54) is 7.11 Å². The highest BCUT2D eigenvalue weighted by atomic mass is 16.5. The number of likely N-dealkylation sites (N-methyl/N-ethyl adjacent to an activating group) is 1. The first-order valence-electron chi connectivity index (χ1n) is 7.15. The van der Waals surface area contributed by atoms with Gasteiger partial charge in [-0.15, -0.1) is 0 Å². The van der Waals surface area contributed by atoms with Crippen molar-refractivity contribution in [2.24, 2.45) is 0 Å². The Labute approximate surface area is 125 Å². The molecule has 1 aliphatic carbocycles. The predicted molar refractivity (Wildman–Crippen MR) is 79.2 cm³/mol. The summed E-state index contributed by atoms with van der Waals surface area (Å²) < 4.78 is 16.0. The maximum absolute atomic E-state index is 11.9. The molecule has 0 spiro atoms. The predicted octanol–water partition coefficient (Wildman–Crippen LogP) is 1.90. The number of carbonyl (C=O) groups is 1. The Morgan fingerprint density at radius 3 is 2.90 bits per heavy atom. The van der Waals surface area contributed by atoms with Crippen LogP contribution in [-0.2, 0) is 20.9 Å². The SMILES string of the molecule is CNC1(C(=O)OC)CCC(Oc2cccc(COC)c2)C1. The van der Waals surface area contributed by atoms with E-state index in [9.17, 15) is 4.79 Å². The van der Waals surface area contributed by atoms with Crippen molar-refractivity contribution in [1.82, 2.24) is 5.32 Å². The van der Waals surface area contributed by atoms with Gasteiger partial charge in [-0.2, -0.15) is 0 Å². The minimum absolute atomic E-state index is 0.00865. The first kappa shape index (κ1) is 15.8. The van der Waals surface area contributed by atoms with Crippen molar-refractivity contribution >= 4 is 5.97 Å². The van der Waals surface area contributed by atoms with E-state index in [1.54, 1.807) is 14.2 Å². The normalized spacial score (nSPS) is 24.8. The van der Waals surface area contributed by atoms with Gasteiger partial charge in [-0.25, -0.2) is 0 Å². The quantitative estimate of drug-likeness (QED) is 0.812. The maximum Gasteiger partial charge on any atom is 0.326 e. The van der Waals surface area contributed by atoms with E-state index in [-0.39, 0.29) is 12.1 Å². The molecule has 0 saturated heterocycles. The van der Waals surface area contributed by atoms with Crippen molar-refractivity contribution in [3.05, 3.63) is 29.8 Å². The maximum atomic E-state index is 11.9. The van der Waals surface area contributed by atoms with Crippen LogP contribution in [0.25, 0.3) is 0 Å². The van der Waals surface area contributed by atoms with Gasteiger partial charge < -0.3 is 19.5 Å². The number of nitrogens with one attached hydrogen (secondary N) is 1. The second-order valence-corrected chi connectivity index (χ2v) is 5.39. The molecule has 2 atom stereocenters. The highest BCUT2D eigenvalue weighted by molar-refractivity contribution is 5.81. The van der Waals surface area contributed by atoms with Crippen molar-refractivity contribution in [3.63, 3.8) is 0 Å². The molecule has 2 unspecified atom stereocenters. The molecule has 1 aromatic rings. The van der Waals surface area contributed by atoms with Crippen LogP contribution < -0.4 is 10.1 Å². The van der Waals surface area contributed by atoms with Gasteiger partial charge in [0, 0.05) is 13.5 Å². The molecule has 0 heterocycles. The fourth-order valence-electron chi connectivity index (χ4n) is 2.88. The van der Waals surface area contributed by atoms with Gasteiger partial charge in [0.25, 0.3) is 0 Å². The summed E-state index contributed by atoms with van der Waals surface area (Å²) in [4.78, 5) is 11.9. The first-order valence-corrected chi connectivity index (χ1v) is 7.15. The van der Waals surface area contributed by atoms with Gasteiger partial charge >= 0.3 is 5.97 Å². The van der Waals surface area contributed by atoms with Gasteiger partial charge in [0.1, 0.15) is 17.4 Å². The second-order valence-electron chi connectivity index (χ2n) is 5.39. The van der Waals surface area contributed by atoms with Crippen LogP contribution in [0.3, 0.4) is 0 Å². The van der Waals surface area contributed by atoms with Crippen LogP contribution in [0, 0.1) is 0 Å². The van der Waals surface area contributed by atoms with Crippen molar-refractivity contribution < 1.29 is 19.0 Å². The largest absolute Gasteiger partial charge is 0.490 e. The zero-order valence-corrected chi connectivity index (χ0v) is 12.8. The molecule has 1 aromatic carbocycles. The third-order valence-corrected chi connectivity index (χ3v) is 4.04. The molecule has 1 fully saturated rings. The zero-order chi connectivity index (χ0) is 15.3. The average molecular weight is 293 g/mol. The van der Waals surface area contributed by atoms with Gasteiger partial charge in [-0.3, -0.25) is 4.79 Å². The summed E-state index contributed by atoms with van der Waals surface area (Å²) >= 11 is 0. The highest BCUT2D eigenvalue weighted by Crippen LogP contribution is 2.33. The standard InChI is InChI=1S/C16H23NO4/c1-17-16(15(18)20-3)8-7-14(10-16)21-13-6-4-5-12(9-13)11-19-2/h4-6,9,14,17H,7-8,10-11H2,1-3H3. The van der Waals surface area contributed by atoms with Crippen LogP contribution in [0.1, 0.15) is 24.8 Å².